The van der Waals surface area contributed by atoms with Gasteiger partial charge in [-0.3, -0.25) is 9.69 Å². The molecule has 0 aliphatic carbocycles. The lowest BCUT2D eigenvalue weighted by atomic mass is 9.99. The molecule has 3 fully saturated rings. The first-order valence-electron chi connectivity index (χ1n) is 17.4. The van der Waals surface area contributed by atoms with Gasteiger partial charge in [0.2, 0.25) is 5.91 Å². The number of hydrogen-bond acceptors (Lipinski definition) is 5. The molecule has 0 spiro atoms. The fraction of sp³-hybridized carbons (Fsp3) is 0.528. The number of rotatable bonds is 6. The van der Waals surface area contributed by atoms with E-state index in [1.807, 2.05) is 57.3 Å². The fourth-order valence-electron chi connectivity index (χ4n) is 7.88. The van der Waals surface area contributed by atoms with E-state index in [1.54, 1.807) is 0 Å². The Morgan fingerprint density at radius 2 is 1.57 bits per heavy atom. The van der Waals surface area contributed by atoms with Gasteiger partial charge in [0.1, 0.15) is 6.04 Å². The first-order valence-corrected chi connectivity index (χ1v) is 17.4. The number of H-pyrrole nitrogens is 1. The van der Waals surface area contributed by atoms with Crippen LogP contribution in [0.4, 0.5) is 15.3 Å². The molecule has 47 heavy (non-hydrogen) atoms. The maximum atomic E-state index is 14.1. The minimum Gasteiger partial charge on any atom is -0.361 e. The Balaban J connectivity index is 0.981. The van der Waals surface area contributed by atoms with Crippen molar-refractivity contribution >= 4 is 34.6 Å². The van der Waals surface area contributed by atoms with E-state index in [1.165, 1.54) is 0 Å². The van der Waals surface area contributed by atoms with Gasteiger partial charge in [0.05, 0.1) is 0 Å². The Hall–Kier alpha value is -4.09. The first kappa shape index (κ1) is 31.5. The van der Waals surface area contributed by atoms with Gasteiger partial charge in [-0.15, -0.1) is 0 Å². The molecule has 11 heteroatoms. The van der Waals surface area contributed by atoms with Crippen molar-refractivity contribution in [2.75, 3.05) is 71.3 Å². The van der Waals surface area contributed by atoms with Crippen molar-refractivity contribution in [1.29, 1.82) is 0 Å². The number of likely N-dealkylation sites (tertiary alicyclic amines) is 2. The molecule has 5 amide bonds. The molecule has 1 aromatic heterocycles. The molecule has 3 N–H and O–H groups in total. The quantitative estimate of drug-likeness (QED) is 0.382. The van der Waals surface area contributed by atoms with Gasteiger partial charge < -0.3 is 35.2 Å². The van der Waals surface area contributed by atoms with E-state index in [4.69, 9.17) is 0 Å². The number of anilines is 1. The summed E-state index contributed by atoms with van der Waals surface area (Å²) in [6.45, 7) is 7.53. The van der Waals surface area contributed by atoms with Crippen molar-refractivity contribution in [3.05, 3.63) is 65.9 Å². The van der Waals surface area contributed by atoms with Gasteiger partial charge in [-0.05, 0) is 79.9 Å². The van der Waals surface area contributed by atoms with Crippen LogP contribution in [0.25, 0.3) is 10.9 Å². The lowest BCUT2D eigenvalue weighted by Crippen LogP contribution is -2.58. The molecule has 1 unspecified atom stereocenters. The number of likely N-dealkylation sites (N-methyl/N-ethyl adjacent to an activating group) is 1. The molecule has 0 saturated carbocycles. The Kier molecular flexibility index (Phi) is 9.35. The molecular formula is C36H48N8O3. The standard InChI is InChI=1S/C36H48N8O3/c1-40-20-22-41(23-21-40)29-10-15-42(16-11-29)34(45)33(25-26-6-7-31-28(24-26)8-14-37-31)39-35(46)43-17-12-30(13-18-43)44-19-9-27-4-2-3-5-32(27)38-36(44)47/h2-8,14,24,29-30,33,37H,9-13,15-23,25H2,1H3,(H,38,47)(H,39,46). The summed E-state index contributed by atoms with van der Waals surface area (Å²) in [4.78, 5) is 54.8. The van der Waals surface area contributed by atoms with Crippen LogP contribution in [-0.2, 0) is 17.6 Å². The zero-order valence-corrected chi connectivity index (χ0v) is 27.5. The Morgan fingerprint density at radius 3 is 2.36 bits per heavy atom. The van der Waals surface area contributed by atoms with Gasteiger partial charge in [-0.2, -0.15) is 0 Å². The summed E-state index contributed by atoms with van der Waals surface area (Å²) in [6.07, 6.45) is 6.51. The maximum Gasteiger partial charge on any atom is 0.322 e. The number of fused-ring (bicyclic) bond motifs is 2. The SMILES string of the molecule is CN1CCN(C2CCN(C(=O)C(Cc3ccc4[nH]ccc4c3)NC(=O)N3CCC(N4CCc5ccccc5NC4=O)CC3)CC2)CC1. The van der Waals surface area contributed by atoms with E-state index in [0.717, 1.165) is 73.2 Å². The summed E-state index contributed by atoms with van der Waals surface area (Å²) in [5, 5.41) is 7.33. The van der Waals surface area contributed by atoms with Crippen LogP contribution < -0.4 is 10.6 Å². The number of carbonyl (C=O) groups excluding carboxylic acids is 3. The van der Waals surface area contributed by atoms with Crippen molar-refractivity contribution in [2.45, 2.75) is 56.7 Å². The van der Waals surface area contributed by atoms with E-state index < -0.39 is 6.04 Å². The molecule has 0 bridgehead atoms. The largest absolute Gasteiger partial charge is 0.361 e. The number of aromatic nitrogens is 1. The molecule has 5 heterocycles. The highest BCUT2D eigenvalue weighted by molar-refractivity contribution is 5.91. The third-order valence-corrected chi connectivity index (χ3v) is 10.8. The third kappa shape index (κ3) is 7.11. The zero-order valence-electron chi connectivity index (χ0n) is 27.5. The van der Waals surface area contributed by atoms with E-state index in [9.17, 15) is 14.4 Å². The first-order chi connectivity index (χ1) is 22.9. The van der Waals surface area contributed by atoms with Crippen molar-refractivity contribution in [2.24, 2.45) is 0 Å². The number of nitrogens with one attached hydrogen (secondary N) is 3. The minimum absolute atomic E-state index is 0.0000306. The minimum atomic E-state index is -0.647. The monoisotopic (exact) mass is 640 g/mol. The molecule has 4 aliphatic rings. The molecule has 3 aromatic rings. The number of nitrogens with zero attached hydrogens (tertiary/aromatic N) is 5. The Labute approximate surface area is 277 Å². The second-order valence-corrected chi connectivity index (χ2v) is 13.8. The van der Waals surface area contributed by atoms with Crippen LogP contribution >= 0.6 is 0 Å². The predicted molar refractivity (Wildman–Crippen MR) is 183 cm³/mol. The van der Waals surface area contributed by atoms with Gasteiger partial charge in [0.15, 0.2) is 0 Å². The normalized spacial score (nSPS) is 21.3. The number of piperazine rings is 1. The molecule has 3 saturated heterocycles. The average molecular weight is 641 g/mol. The second kappa shape index (κ2) is 13.9. The lowest BCUT2D eigenvalue weighted by Gasteiger charge is -2.42. The smallest absolute Gasteiger partial charge is 0.322 e. The molecule has 250 valence electrons. The van der Waals surface area contributed by atoms with Crippen molar-refractivity contribution in [3.8, 4) is 0 Å². The van der Waals surface area contributed by atoms with E-state index >= 15 is 0 Å². The lowest BCUT2D eigenvalue weighted by molar-refractivity contribution is -0.135. The summed E-state index contributed by atoms with van der Waals surface area (Å²) in [5.74, 6) is 0.0000306. The van der Waals surface area contributed by atoms with Gasteiger partial charge >= 0.3 is 12.1 Å². The molecule has 11 nitrogen and oxygen atoms in total. The van der Waals surface area contributed by atoms with Crippen LogP contribution in [0.2, 0.25) is 0 Å². The number of piperidine rings is 2. The van der Waals surface area contributed by atoms with Crippen molar-refractivity contribution in [3.63, 3.8) is 0 Å². The number of amides is 5. The van der Waals surface area contributed by atoms with Crippen molar-refractivity contribution in [1.82, 2.24) is 34.8 Å². The summed E-state index contributed by atoms with van der Waals surface area (Å²) >= 11 is 0. The number of hydrogen-bond donors (Lipinski definition) is 3. The van der Waals surface area contributed by atoms with Crippen molar-refractivity contribution < 1.29 is 14.4 Å². The average Bonchev–Trinajstić information content (AvgIpc) is 3.50. The third-order valence-electron chi connectivity index (χ3n) is 10.8. The zero-order chi connectivity index (χ0) is 32.3. The van der Waals surface area contributed by atoms with E-state index in [0.29, 0.717) is 58.0 Å². The molecule has 2 aromatic carbocycles. The number of para-hydroxylation sites is 1. The highest BCUT2D eigenvalue weighted by atomic mass is 16.2. The summed E-state index contributed by atoms with van der Waals surface area (Å²) in [5.41, 5.74) is 4.10. The highest BCUT2D eigenvalue weighted by Crippen LogP contribution is 2.25. The molecular weight excluding hydrogens is 592 g/mol. The topological polar surface area (TPSA) is 107 Å². The molecule has 4 aliphatic heterocycles. The van der Waals surface area contributed by atoms with Crippen LogP contribution in [0.3, 0.4) is 0 Å². The maximum absolute atomic E-state index is 14.1. The van der Waals surface area contributed by atoms with Gasteiger partial charge in [-0.25, -0.2) is 9.59 Å². The number of urea groups is 2. The van der Waals surface area contributed by atoms with Crippen LogP contribution in [0.1, 0.15) is 36.8 Å². The van der Waals surface area contributed by atoms with Gasteiger partial charge in [0.25, 0.3) is 0 Å². The van der Waals surface area contributed by atoms with Crippen LogP contribution in [0, 0.1) is 0 Å². The van der Waals surface area contributed by atoms with E-state index in [-0.39, 0.29) is 24.0 Å². The second-order valence-electron chi connectivity index (χ2n) is 13.8. The highest BCUT2D eigenvalue weighted by Gasteiger charge is 2.35. The number of benzene rings is 2. The van der Waals surface area contributed by atoms with Crippen LogP contribution in [0.5, 0.6) is 0 Å². The Bertz CT molecular complexity index is 1570. The van der Waals surface area contributed by atoms with E-state index in [2.05, 4.69) is 44.6 Å². The predicted octanol–water partition coefficient (Wildman–Crippen LogP) is 3.58. The van der Waals surface area contributed by atoms with Gasteiger partial charge in [-0.1, -0.05) is 24.3 Å². The van der Waals surface area contributed by atoms with Crippen LogP contribution in [-0.4, -0.2) is 132 Å². The number of aromatic amines is 1. The summed E-state index contributed by atoms with van der Waals surface area (Å²) in [6, 6.07) is 15.8. The molecule has 0 radical (unpaired) electrons. The number of carbonyl (C=O) groups is 3. The molecule has 7 rings (SSSR count). The Morgan fingerprint density at radius 1 is 0.851 bits per heavy atom. The molecule has 1 atom stereocenters. The fourth-order valence-corrected chi connectivity index (χ4v) is 7.88. The van der Waals surface area contributed by atoms with Gasteiger partial charge in [0, 0.05) is 94.8 Å². The summed E-state index contributed by atoms with van der Waals surface area (Å²) < 4.78 is 0. The van der Waals surface area contributed by atoms with Crippen LogP contribution in [0.15, 0.2) is 54.7 Å². The summed E-state index contributed by atoms with van der Waals surface area (Å²) in [7, 11) is 2.18.